The van der Waals surface area contributed by atoms with Crippen molar-refractivity contribution in [3.8, 4) is 22.3 Å². The number of aromatic nitrogens is 1. The molecule has 0 saturated heterocycles. The van der Waals surface area contributed by atoms with Crippen LogP contribution in [-0.4, -0.2) is 4.98 Å². The Morgan fingerprint density at radius 1 is 0.435 bits per heavy atom. The highest BCUT2D eigenvalue weighted by atomic mass is 16.3. The first-order chi connectivity index (χ1) is 22.8. The number of rotatable bonds is 5. The molecule has 0 saturated carbocycles. The van der Waals surface area contributed by atoms with Gasteiger partial charge in [-0.2, -0.15) is 0 Å². The number of nitrogens with zero attached hydrogens (tertiary/aromatic N) is 2. The molecule has 0 N–H and O–H groups in total. The summed E-state index contributed by atoms with van der Waals surface area (Å²) in [7, 11) is 0. The summed E-state index contributed by atoms with van der Waals surface area (Å²) in [6.45, 7) is 0. The second-order valence-corrected chi connectivity index (χ2v) is 11.6. The number of para-hydroxylation sites is 1. The maximum absolute atomic E-state index is 6.80. The largest absolute Gasteiger partial charge is 0.453 e. The fourth-order valence-electron chi connectivity index (χ4n) is 6.72. The van der Waals surface area contributed by atoms with Crippen molar-refractivity contribution in [1.29, 1.82) is 0 Å². The molecule has 7 aromatic carbocycles. The molecule has 3 nitrogen and oxygen atoms in total. The van der Waals surface area contributed by atoms with Crippen molar-refractivity contribution >= 4 is 60.7 Å². The first-order valence-corrected chi connectivity index (χ1v) is 15.5. The maximum atomic E-state index is 6.80. The van der Waals surface area contributed by atoms with Crippen molar-refractivity contribution in [2.75, 3.05) is 4.90 Å². The molecule has 0 aliphatic carbocycles. The minimum atomic E-state index is 0.845. The summed E-state index contributed by atoms with van der Waals surface area (Å²) in [4.78, 5) is 6.88. The van der Waals surface area contributed by atoms with Gasteiger partial charge < -0.3 is 9.32 Å². The van der Waals surface area contributed by atoms with Crippen molar-refractivity contribution < 1.29 is 4.42 Å². The van der Waals surface area contributed by atoms with E-state index in [2.05, 4.69) is 168 Å². The van der Waals surface area contributed by atoms with E-state index < -0.39 is 0 Å². The van der Waals surface area contributed by atoms with Crippen LogP contribution >= 0.6 is 0 Å². The molecule has 0 bridgehead atoms. The average Bonchev–Trinajstić information content (AvgIpc) is 3.53. The van der Waals surface area contributed by atoms with Gasteiger partial charge in [-0.25, -0.2) is 0 Å². The summed E-state index contributed by atoms with van der Waals surface area (Å²) in [6.07, 6.45) is 1.83. The van der Waals surface area contributed by atoms with E-state index in [1.54, 1.807) is 0 Å². The fraction of sp³-hybridized carbons (Fsp3) is 0. The molecular formula is C43H28N2O. The van der Waals surface area contributed by atoms with E-state index in [-0.39, 0.29) is 0 Å². The van der Waals surface area contributed by atoms with Gasteiger partial charge in [0, 0.05) is 33.7 Å². The Labute approximate surface area is 266 Å². The lowest BCUT2D eigenvalue weighted by atomic mass is 9.98. The lowest BCUT2D eigenvalue weighted by Gasteiger charge is -2.26. The average molecular weight is 589 g/mol. The van der Waals surface area contributed by atoms with E-state index >= 15 is 0 Å². The molecule has 9 rings (SSSR count). The van der Waals surface area contributed by atoms with Gasteiger partial charge in [0.1, 0.15) is 5.58 Å². The Balaban J connectivity index is 1.25. The van der Waals surface area contributed by atoms with Gasteiger partial charge in [0.15, 0.2) is 5.58 Å². The molecule has 0 amide bonds. The standard InChI is InChI=1S/C43H28N2O/c1-2-10-29(11-3-1)32-14-6-15-34(28-32)45(33-23-21-31(22-24-33)36-17-7-13-30-12-4-5-16-35(30)36)41-20-8-18-37-38-25-26-40-39(19-9-27-44-40)42(38)46-43(37)41/h1-28H. The number of fused-ring (bicyclic) bond motifs is 6. The van der Waals surface area contributed by atoms with Crippen LogP contribution < -0.4 is 4.90 Å². The van der Waals surface area contributed by atoms with Gasteiger partial charge in [0.05, 0.1) is 11.2 Å². The molecule has 216 valence electrons. The number of anilines is 3. The van der Waals surface area contributed by atoms with E-state index in [1.807, 2.05) is 12.3 Å². The van der Waals surface area contributed by atoms with Crippen LogP contribution in [0.4, 0.5) is 17.1 Å². The lowest BCUT2D eigenvalue weighted by molar-refractivity contribution is 0.672. The van der Waals surface area contributed by atoms with Gasteiger partial charge in [-0.05, 0) is 87.6 Å². The van der Waals surface area contributed by atoms with Crippen molar-refractivity contribution in [1.82, 2.24) is 4.98 Å². The molecule has 46 heavy (non-hydrogen) atoms. The molecule has 2 aromatic heterocycles. The molecule has 0 aliphatic heterocycles. The topological polar surface area (TPSA) is 29.3 Å². The Hall–Kier alpha value is -6.19. The third-order valence-electron chi connectivity index (χ3n) is 8.90. The van der Waals surface area contributed by atoms with Crippen LogP contribution in [0.1, 0.15) is 0 Å². The summed E-state index contributed by atoms with van der Waals surface area (Å²) < 4.78 is 6.80. The summed E-state index contributed by atoms with van der Waals surface area (Å²) in [5, 5.41) is 5.66. The van der Waals surface area contributed by atoms with Gasteiger partial charge in [-0.15, -0.1) is 0 Å². The second-order valence-electron chi connectivity index (χ2n) is 11.6. The van der Waals surface area contributed by atoms with Crippen LogP contribution in [-0.2, 0) is 0 Å². The van der Waals surface area contributed by atoms with Crippen LogP contribution in [0.15, 0.2) is 174 Å². The zero-order chi connectivity index (χ0) is 30.5. The van der Waals surface area contributed by atoms with Crippen molar-refractivity contribution in [2.24, 2.45) is 0 Å². The third-order valence-corrected chi connectivity index (χ3v) is 8.90. The van der Waals surface area contributed by atoms with E-state index in [0.717, 1.165) is 55.5 Å². The van der Waals surface area contributed by atoms with Crippen LogP contribution in [0.25, 0.3) is 65.9 Å². The predicted molar refractivity (Wildman–Crippen MR) is 192 cm³/mol. The van der Waals surface area contributed by atoms with Gasteiger partial charge >= 0.3 is 0 Å². The van der Waals surface area contributed by atoms with Crippen molar-refractivity contribution in [3.63, 3.8) is 0 Å². The summed E-state index contributed by atoms with van der Waals surface area (Å²) in [5.74, 6) is 0. The van der Waals surface area contributed by atoms with Gasteiger partial charge in [0.2, 0.25) is 0 Å². The zero-order valence-electron chi connectivity index (χ0n) is 25.0. The number of benzene rings is 7. The molecule has 0 spiro atoms. The van der Waals surface area contributed by atoms with Crippen molar-refractivity contribution in [3.05, 3.63) is 170 Å². The highest BCUT2D eigenvalue weighted by molar-refractivity contribution is 6.17. The quantitative estimate of drug-likeness (QED) is 0.200. The molecule has 0 radical (unpaired) electrons. The molecule has 2 heterocycles. The maximum Gasteiger partial charge on any atom is 0.159 e. The van der Waals surface area contributed by atoms with Crippen LogP contribution in [0.3, 0.4) is 0 Å². The SMILES string of the molecule is c1ccc(-c2cccc(N(c3ccc(-c4cccc5ccccc45)cc3)c3cccc4c3oc3c5cccnc5ccc43)c2)cc1. The highest BCUT2D eigenvalue weighted by Gasteiger charge is 2.21. The minimum Gasteiger partial charge on any atom is -0.453 e. The highest BCUT2D eigenvalue weighted by Crippen LogP contribution is 2.44. The van der Waals surface area contributed by atoms with E-state index in [4.69, 9.17) is 4.42 Å². The Bertz CT molecular complexity index is 2530. The zero-order valence-corrected chi connectivity index (χ0v) is 25.0. The normalized spacial score (nSPS) is 11.5. The Morgan fingerprint density at radius 3 is 2.07 bits per heavy atom. The van der Waals surface area contributed by atoms with Crippen LogP contribution in [0.5, 0.6) is 0 Å². The fourth-order valence-corrected chi connectivity index (χ4v) is 6.72. The Morgan fingerprint density at radius 2 is 1.15 bits per heavy atom. The monoisotopic (exact) mass is 588 g/mol. The molecule has 0 unspecified atom stereocenters. The van der Waals surface area contributed by atoms with Gasteiger partial charge in [-0.3, -0.25) is 4.98 Å². The van der Waals surface area contributed by atoms with Gasteiger partial charge in [0.25, 0.3) is 0 Å². The van der Waals surface area contributed by atoms with Crippen molar-refractivity contribution in [2.45, 2.75) is 0 Å². The number of pyridine rings is 1. The third kappa shape index (κ3) is 4.33. The Kier molecular flexibility index (Phi) is 6.14. The number of hydrogen-bond acceptors (Lipinski definition) is 3. The lowest BCUT2D eigenvalue weighted by Crippen LogP contribution is -2.10. The second kappa shape index (κ2) is 10.8. The molecule has 3 heteroatoms. The van der Waals surface area contributed by atoms with E-state index in [9.17, 15) is 0 Å². The van der Waals surface area contributed by atoms with Crippen LogP contribution in [0, 0.1) is 0 Å². The summed E-state index contributed by atoms with van der Waals surface area (Å²) in [6, 6.07) is 57.9. The molecular weight excluding hydrogens is 560 g/mol. The predicted octanol–water partition coefficient (Wildman–Crippen LogP) is 12.1. The van der Waals surface area contributed by atoms with Crippen LogP contribution in [0.2, 0.25) is 0 Å². The molecule has 0 fully saturated rings. The molecule has 9 aromatic rings. The van der Waals surface area contributed by atoms with Gasteiger partial charge in [-0.1, -0.05) is 109 Å². The summed E-state index contributed by atoms with van der Waals surface area (Å²) >= 11 is 0. The summed E-state index contributed by atoms with van der Waals surface area (Å²) in [5.41, 5.74) is 10.4. The first-order valence-electron chi connectivity index (χ1n) is 15.5. The van der Waals surface area contributed by atoms with E-state index in [1.165, 1.54) is 27.5 Å². The molecule has 0 aliphatic rings. The number of hydrogen-bond donors (Lipinski definition) is 0. The van der Waals surface area contributed by atoms with E-state index in [0.29, 0.717) is 0 Å². The molecule has 0 atom stereocenters. The smallest absolute Gasteiger partial charge is 0.159 e. The number of furan rings is 1. The minimum absolute atomic E-state index is 0.845. The first kappa shape index (κ1) is 26.2.